The largest absolute Gasteiger partial charge is 0.399 e. The fraction of sp³-hybridized carbons (Fsp3) is 0.562. The number of anilines is 1. The van der Waals surface area contributed by atoms with Crippen molar-refractivity contribution >= 4 is 11.6 Å². The number of fused-ring (bicyclic) bond motifs is 1. The van der Waals surface area contributed by atoms with E-state index >= 15 is 0 Å². The lowest BCUT2D eigenvalue weighted by Crippen LogP contribution is -2.47. The van der Waals surface area contributed by atoms with Crippen molar-refractivity contribution in [2.24, 2.45) is 0 Å². The van der Waals surface area contributed by atoms with Gasteiger partial charge in [0.2, 0.25) is 0 Å². The van der Waals surface area contributed by atoms with E-state index in [0.717, 1.165) is 30.5 Å². The van der Waals surface area contributed by atoms with Crippen molar-refractivity contribution in [1.29, 1.82) is 0 Å². The van der Waals surface area contributed by atoms with E-state index in [-0.39, 0.29) is 5.91 Å². The first-order valence-corrected chi connectivity index (χ1v) is 7.54. The van der Waals surface area contributed by atoms with Gasteiger partial charge in [-0.3, -0.25) is 4.79 Å². The predicted octanol–water partition coefficient (Wildman–Crippen LogP) is 1.93. The Hall–Kier alpha value is -1.55. The Bertz CT molecular complexity index is 514. The van der Waals surface area contributed by atoms with Crippen molar-refractivity contribution in [2.45, 2.75) is 44.7 Å². The fourth-order valence-electron chi connectivity index (χ4n) is 3.56. The molecule has 0 aliphatic carbocycles. The molecule has 3 N–H and O–H groups in total. The van der Waals surface area contributed by atoms with Crippen molar-refractivity contribution in [2.75, 3.05) is 18.8 Å². The number of hydrogen-bond acceptors (Lipinski definition) is 3. The minimum Gasteiger partial charge on any atom is -0.399 e. The summed E-state index contributed by atoms with van der Waals surface area (Å²) in [6.45, 7) is 4.30. The Morgan fingerprint density at radius 3 is 3.00 bits per heavy atom. The second kappa shape index (κ2) is 5.44. The number of nitrogen functional groups attached to an aromatic ring is 1. The van der Waals surface area contributed by atoms with E-state index in [0.29, 0.717) is 17.8 Å². The zero-order chi connectivity index (χ0) is 14.1. The van der Waals surface area contributed by atoms with Crippen LogP contribution in [-0.4, -0.2) is 36.0 Å². The monoisotopic (exact) mass is 273 g/mol. The Morgan fingerprint density at radius 1 is 1.35 bits per heavy atom. The molecule has 1 aromatic carbocycles. The molecule has 0 aromatic heterocycles. The molecule has 20 heavy (non-hydrogen) atoms. The standard InChI is InChI=1S/C16H23N3O/c1-11-9-12(17)4-5-15(11)16(20)18-13-6-8-19-7-2-3-14(19)10-13/h4-5,9,13-14H,2-3,6-8,10,17H2,1H3,(H,18,20). The smallest absolute Gasteiger partial charge is 0.251 e. The summed E-state index contributed by atoms with van der Waals surface area (Å²) < 4.78 is 0. The predicted molar refractivity (Wildman–Crippen MR) is 80.7 cm³/mol. The molecule has 4 nitrogen and oxygen atoms in total. The number of nitrogens with two attached hydrogens (primary N) is 1. The number of rotatable bonds is 2. The van der Waals surface area contributed by atoms with Crippen molar-refractivity contribution in [3.63, 3.8) is 0 Å². The van der Waals surface area contributed by atoms with Crippen LogP contribution in [0.25, 0.3) is 0 Å². The first kappa shape index (κ1) is 13.4. The zero-order valence-corrected chi connectivity index (χ0v) is 12.1. The minimum atomic E-state index is 0.0407. The lowest BCUT2D eigenvalue weighted by Gasteiger charge is -2.35. The first-order chi connectivity index (χ1) is 9.63. The van der Waals surface area contributed by atoms with Crippen molar-refractivity contribution in [3.05, 3.63) is 29.3 Å². The molecule has 2 heterocycles. The van der Waals surface area contributed by atoms with Gasteiger partial charge in [0, 0.05) is 29.9 Å². The van der Waals surface area contributed by atoms with E-state index in [2.05, 4.69) is 10.2 Å². The molecule has 2 aliphatic rings. The maximum absolute atomic E-state index is 12.4. The Morgan fingerprint density at radius 2 is 2.20 bits per heavy atom. The molecule has 2 saturated heterocycles. The van der Waals surface area contributed by atoms with Crippen LogP contribution in [0.2, 0.25) is 0 Å². The van der Waals surface area contributed by atoms with Gasteiger partial charge in [0.05, 0.1) is 0 Å². The van der Waals surface area contributed by atoms with Gasteiger partial charge in [-0.2, -0.15) is 0 Å². The second-order valence-corrected chi connectivity index (χ2v) is 6.10. The highest BCUT2D eigenvalue weighted by atomic mass is 16.1. The van der Waals surface area contributed by atoms with Crippen LogP contribution in [0.15, 0.2) is 18.2 Å². The molecule has 0 radical (unpaired) electrons. The van der Waals surface area contributed by atoms with E-state index in [4.69, 9.17) is 5.73 Å². The van der Waals surface area contributed by atoms with E-state index in [1.807, 2.05) is 19.1 Å². The third-order valence-corrected chi connectivity index (χ3v) is 4.65. The molecule has 3 rings (SSSR count). The Balaban J connectivity index is 1.64. The molecule has 0 saturated carbocycles. The van der Waals surface area contributed by atoms with Crippen molar-refractivity contribution < 1.29 is 4.79 Å². The van der Waals surface area contributed by atoms with Gasteiger partial charge in [0.1, 0.15) is 0 Å². The molecule has 1 aromatic rings. The van der Waals surface area contributed by atoms with E-state index < -0.39 is 0 Å². The van der Waals surface area contributed by atoms with E-state index in [9.17, 15) is 4.79 Å². The third kappa shape index (κ3) is 2.66. The van der Waals surface area contributed by atoms with Gasteiger partial charge in [-0.1, -0.05) is 0 Å². The normalized spacial score (nSPS) is 26.2. The van der Waals surface area contributed by atoms with Crippen LogP contribution in [0.4, 0.5) is 5.69 Å². The number of piperidine rings is 1. The fourth-order valence-corrected chi connectivity index (χ4v) is 3.56. The van der Waals surface area contributed by atoms with Crippen LogP contribution >= 0.6 is 0 Å². The van der Waals surface area contributed by atoms with Crippen LogP contribution in [0.5, 0.6) is 0 Å². The number of benzene rings is 1. The average Bonchev–Trinajstić information content (AvgIpc) is 2.85. The van der Waals surface area contributed by atoms with Crippen LogP contribution in [0.3, 0.4) is 0 Å². The summed E-state index contributed by atoms with van der Waals surface area (Å²) in [5, 5.41) is 3.20. The number of amides is 1. The molecule has 2 unspecified atom stereocenters. The van der Waals surface area contributed by atoms with Crippen LogP contribution < -0.4 is 11.1 Å². The van der Waals surface area contributed by atoms with Gasteiger partial charge in [0.15, 0.2) is 0 Å². The number of aryl methyl sites for hydroxylation is 1. The molecule has 1 amide bonds. The van der Waals surface area contributed by atoms with Crippen LogP contribution in [0.1, 0.15) is 41.6 Å². The molecular formula is C16H23N3O. The van der Waals surface area contributed by atoms with Gasteiger partial charge in [-0.05, 0) is 62.9 Å². The SMILES string of the molecule is Cc1cc(N)ccc1C(=O)NC1CCN2CCCC2C1. The summed E-state index contributed by atoms with van der Waals surface area (Å²) in [4.78, 5) is 14.9. The number of hydrogen-bond donors (Lipinski definition) is 2. The van der Waals surface area contributed by atoms with Gasteiger partial charge >= 0.3 is 0 Å². The second-order valence-electron chi connectivity index (χ2n) is 6.10. The maximum atomic E-state index is 12.4. The number of nitrogens with zero attached hydrogens (tertiary/aromatic N) is 1. The van der Waals surface area contributed by atoms with Gasteiger partial charge in [-0.25, -0.2) is 0 Å². The van der Waals surface area contributed by atoms with Gasteiger partial charge < -0.3 is 16.0 Å². The third-order valence-electron chi connectivity index (χ3n) is 4.65. The minimum absolute atomic E-state index is 0.0407. The maximum Gasteiger partial charge on any atom is 0.251 e. The molecule has 2 fully saturated rings. The number of carbonyl (C=O) groups excluding carboxylic acids is 1. The topological polar surface area (TPSA) is 58.4 Å². The van der Waals surface area contributed by atoms with E-state index in [1.165, 1.54) is 19.4 Å². The van der Waals surface area contributed by atoms with Crippen LogP contribution in [0, 0.1) is 6.92 Å². The summed E-state index contributed by atoms with van der Waals surface area (Å²) in [7, 11) is 0. The quantitative estimate of drug-likeness (QED) is 0.810. The summed E-state index contributed by atoms with van der Waals surface area (Å²) >= 11 is 0. The molecule has 4 heteroatoms. The summed E-state index contributed by atoms with van der Waals surface area (Å²) in [5.74, 6) is 0.0407. The zero-order valence-electron chi connectivity index (χ0n) is 12.1. The summed E-state index contributed by atoms with van der Waals surface area (Å²) in [5.41, 5.74) is 8.13. The molecule has 2 atom stereocenters. The highest BCUT2D eigenvalue weighted by molar-refractivity contribution is 5.96. The van der Waals surface area contributed by atoms with Crippen molar-refractivity contribution in [3.8, 4) is 0 Å². The number of nitrogens with one attached hydrogen (secondary N) is 1. The van der Waals surface area contributed by atoms with Crippen molar-refractivity contribution in [1.82, 2.24) is 10.2 Å². The first-order valence-electron chi connectivity index (χ1n) is 7.54. The lowest BCUT2D eigenvalue weighted by atomic mass is 9.97. The molecular weight excluding hydrogens is 250 g/mol. The number of carbonyl (C=O) groups is 1. The van der Waals surface area contributed by atoms with E-state index in [1.54, 1.807) is 6.07 Å². The van der Waals surface area contributed by atoms with Gasteiger partial charge in [0.25, 0.3) is 5.91 Å². The highest BCUT2D eigenvalue weighted by Gasteiger charge is 2.32. The Kier molecular flexibility index (Phi) is 3.66. The lowest BCUT2D eigenvalue weighted by molar-refractivity contribution is 0.0895. The molecule has 2 aliphatic heterocycles. The molecule has 0 bridgehead atoms. The molecule has 0 spiro atoms. The molecule has 108 valence electrons. The van der Waals surface area contributed by atoms with Gasteiger partial charge in [-0.15, -0.1) is 0 Å². The average molecular weight is 273 g/mol. The van der Waals surface area contributed by atoms with Crippen LogP contribution in [-0.2, 0) is 0 Å². The highest BCUT2D eigenvalue weighted by Crippen LogP contribution is 2.27. The Labute approximate surface area is 120 Å². The summed E-state index contributed by atoms with van der Waals surface area (Å²) in [6, 6.07) is 6.47. The summed E-state index contributed by atoms with van der Waals surface area (Å²) in [6.07, 6.45) is 4.76.